The maximum atomic E-state index is 13.1. The van der Waals surface area contributed by atoms with Gasteiger partial charge in [0, 0.05) is 18.3 Å². The number of benzene rings is 2. The number of ether oxygens (including phenoxy) is 1. The van der Waals surface area contributed by atoms with E-state index in [9.17, 15) is 9.59 Å². The van der Waals surface area contributed by atoms with Crippen molar-refractivity contribution in [3.63, 3.8) is 0 Å². The number of anilines is 2. The SMILES string of the molecule is CCN(C(=O)c1cccc(C(=O)OC)c1)c1ccnc(N[C@@H](C)c2ccccc2)n1. The van der Waals surface area contributed by atoms with E-state index in [2.05, 4.69) is 15.3 Å². The number of esters is 1. The maximum absolute atomic E-state index is 13.1. The predicted molar refractivity (Wildman–Crippen MR) is 116 cm³/mol. The average molecular weight is 404 g/mol. The summed E-state index contributed by atoms with van der Waals surface area (Å²) in [6.45, 7) is 4.29. The summed E-state index contributed by atoms with van der Waals surface area (Å²) in [6.07, 6.45) is 1.61. The standard InChI is InChI=1S/C23H24N4O3/c1-4-27(21(28)18-11-8-12-19(15-18)22(29)30-3)20-13-14-24-23(26-20)25-16(2)17-9-6-5-7-10-17/h5-16H,4H2,1-3H3,(H,24,25,26)/t16-/m0/s1. The monoisotopic (exact) mass is 404 g/mol. The van der Waals surface area contributed by atoms with Gasteiger partial charge in [0.2, 0.25) is 5.95 Å². The number of rotatable bonds is 7. The first-order chi connectivity index (χ1) is 14.5. The highest BCUT2D eigenvalue weighted by Gasteiger charge is 2.19. The molecule has 0 bridgehead atoms. The number of nitrogens with one attached hydrogen (secondary N) is 1. The third-order valence-corrected chi connectivity index (χ3v) is 4.65. The fourth-order valence-electron chi connectivity index (χ4n) is 3.05. The Morgan fingerprint density at radius 2 is 1.80 bits per heavy atom. The maximum Gasteiger partial charge on any atom is 0.337 e. The van der Waals surface area contributed by atoms with Crippen molar-refractivity contribution in [3.8, 4) is 0 Å². The Balaban J connectivity index is 1.82. The van der Waals surface area contributed by atoms with Crippen LogP contribution in [0.1, 0.15) is 46.2 Å². The Labute approximate surface area is 175 Å². The van der Waals surface area contributed by atoms with Crippen LogP contribution in [0.3, 0.4) is 0 Å². The second-order valence-electron chi connectivity index (χ2n) is 6.64. The summed E-state index contributed by atoms with van der Waals surface area (Å²) in [5, 5.41) is 3.27. The molecule has 0 aliphatic rings. The van der Waals surface area contributed by atoms with E-state index in [1.807, 2.05) is 44.2 Å². The molecule has 0 spiro atoms. The predicted octanol–water partition coefficient (Wildman–Crippen LogP) is 4.10. The van der Waals surface area contributed by atoms with Crippen LogP contribution in [0.15, 0.2) is 66.9 Å². The van der Waals surface area contributed by atoms with Crippen LogP contribution in [0, 0.1) is 0 Å². The molecule has 0 saturated heterocycles. The van der Waals surface area contributed by atoms with Gasteiger partial charge in [0.15, 0.2) is 0 Å². The van der Waals surface area contributed by atoms with Crippen LogP contribution < -0.4 is 10.2 Å². The molecule has 0 aliphatic carbocycles. The molecule has 3 rings (SSSR count). The van der Waals surface area contributed by atoms with Gasteiger partial charge in [0.25, 0.3) is 5.91 Å². The molecule has 0 fully saturated rings. The molecule has 1 atom stereocenters. The average Bonchev–Trinajstić information content (AvgIpc) is 2.80. The summed E-state index contributed by atoms with van der Waals surface area (Å²) in [7, 11) is 1.31. The molecule has 1 aromatic heterocycles. The first kappa shape index (κ1) is 21.0. The van der Waals surface area contributed by atoms with Gasteiger partial charge in [-0.1, -0.05) is 36.4 Å². The summed E-state index contributed by atoms with van der Waals surface area (Å²) in [4.78, 5) is 35.2. The Hall–Kier alpha value is -3.74. The number of amides is 1. The second kappa shape index (κ2) is 9.65. The summed E-state index contributed by atoms with van der Waals surface area (Å²) in [6, 6.07) is 18.1. The first-order valence-electron chi connectivity index (χ1n) is 9.68. The van der Waals surface area contributed by atoms with Crippen molar-refractivity contribution >= 4 is 23.6 Å². The zero-order chi connectivity index (χ0) is 21.5. The van der Waals surface area contributed by atoms with Crippen LogP contribution in [-0.2, 0) is 4.74 Å². The molecule has 154 valence electrons. The van der Waals surface area contributed by atoms with Gasteiger partial charge in [0.05, 0.1) is 18.7 Å². The number of hydrogen-bond acceptors (Lipinski definition) is 6. The topological polar surface area (TPSA) is 84.4 Å². The van der Waals surface area contributed by atoms with Crippen molar-refractivity contribution in [1.29, 1.82) is 0 Å². The van der Waals surface area contributed by atoms with Gasteiger partial charge in [-0.05, 0) is 43.7 Å². The van der Waals surface area contributed by atoms with E-state index in [4.69, 9.17) is 4.74 Å². The minimum atomic E-state index is -0.490. The van der Waals surface area contributed by atoms with E-state index in [-0.39, 0.29) is 11.9 Å². The number of nitrogens with zero attached hydrogens (tertiary/aromatic N) is 3. The zero-order valence-corrected chi connectivity index (χ0v) is 17.2. The molecule has 1 N–H and O–H groups in total. The number of carbonyl (C=O) groups excluding carboxylic acids is 2. The van der Waals surface area contributed by atoms with E-state index in [1.165, 1.54) is 18.1 Å². The molecule has 3 aromatic rings. The number of hydrogen-bond donors (Lipinski definition) is 1. The first-order valence-corrected chi connectivity index (χ1v) is 9.68. The van der Waals surface area contributed by atoms with Crippen LogP contribution in [0.25, 0.3) is 0 Å². The number of carbonyl (C=O) groups is 2. The van der Waals surface area contributed by atoms with Crippen LogP contribution in [0.2, 0.25) is 0 Å². The normalized spacial score (nSPS) is 11.4. The highest BCUT2D eigenvalue weighted by atomic mass is 16.5. The quantitative estimate of drug-likeness (QED) is 0.597. The van der Waals surface area contributed by atoms with Gasteiger partial charge in [0.1, 0.15) is 5.82 Å². The molecule has 7 nitrogen and oxygen atoms in total. The lowest BCUT2D eigenvalue weighted by molar-refractivity contribution is 0.0600. The smallest absolute Gasteiger partial charge is 0.337 e. The minimum absolute atomic E-state index is 0.00367. The van der Waals surface area contributed by atoms with Crippen LogP contribution >= 0.6 is 0 Å². The zero-order valence-electron chi connectivity index (χ0n) is 17.2. The Morgan fingerprint density at radius 3 is 2.50 bits per heavy atom. The number of aromatic nitrogens is 2. The van der Waals surface area contributed by atoms with Crippen LogP contribution in [0.5, 0.6) is 0 Å². The van der Waals surface area contributed by atoms with Gasteiger partial charge < -0.3 is 10.1 Å². The fourth-order valence-corrected chi connectivity index (χ4v) is 3.05. The molecule has 30 heavy (non-hydrogen) atoms. The van der Waals surface area contributed by atoms with Gasteiger partial charge in [-0.25, -0.2) is 9.78 Å². The van der Waals surface area contributed by atoms with Gasteiger partial charge >= 0.3 is 5.97 Å². The minimum Gasteiger partial charge on any atom is -0.465 e. The van der Waals surface area contributed by atoms with Crippen molar-refractivity contribution in [3.05, 3.63) is 83.6 Å². The van der Waals surface area contributed by atoms with Crippen LogP contribution in [0.4, 0.5) is 11.8 Å². The van der Waals surface area contributed by atoms with Crippen molar-refractivity contribution in [2.75, 3.05) is 23.9 Å². The van der Waals surface area contributed by atoms with Gasteiger partial charge in [-0.2, -0.15) is 4.98 Å². The molecule has 7 heteroatoms. The molecule has 0 radical (unpaired) electrons. The Morgan fingerprint density at radius 1 is 1.07 bits per heavy atom. The van der Waals surface area contributed by atoms with E-state index >= 15 is 0 Å². The lowest BCUT2D eigenvalue weighted by Crippen LogP contribution is -2.31. The molecule has 1 heterocycles. The van der Waals surface area contributed by atoms with Gasteiger partial charge in [-0.3, -0.25) is 9.69 Å². The molecule has 2 aromatic carbocycles. The fraction of sp³-hybridized carbons (Fsp3) is 0.217. The van der Waals surface area contributed by atoms with E-state index in [0.29, 0.717) is 29.4 Å². The molecule has 1 amide bonds. The Bertz CT molecular complexity index is 1020. The van der Waals surface area contributed by atoms with E-state index < -0.39 is 5.97 Å². The van der Waals surface area contributed by atoms with Crippen molar-refractivity contribution in [2.24, 2.45) is 0 Å². The summed E-state index contributed by atoms with van der Waals surface area (Å²) in [5.74, 6) is 0.155. The van der Waals surface area contributed by atoms with Crippen LogP contribution in [-0.4, -0.2) is 35.5 Å². The highest BCUT2D eigenvalue weighted by Crippen LogP contribution is 2.20. The lowest BCUT2D eigenvalue weighted by Gasteiger charge is -2.21. The summed E-state index contributed by atoms with van der Waals surface area (Å²) in [5.41, 5.74) is 1.81. The molecule has 0 saturated carbocycles. The van der Waals surface area contributed by atoms with Crippen molar-refractivity contribution < 1.29 is 14.3 Å². The third-order valence-electron chi connectivity index (χ3n) is 4.65. The summed E-state index contributed by atoms with van der Waals surface area (Å²) < 4.78 is 4.74. The lowest BCUT2D eigenvalue weighted by atomic mass is 10.1. The highest BCUT2D eigenvalue weighted by molar-refractivity contribution is 6.06. The summed E-state index contributed by atoms with van der Waals surface area (Å²) >= 11 is 0. The molecule has 0 unspecified atom stereocenters. The van der Waals surface area contributed by atoms with Crippen molar-refractivity contribution in [1.82, 2.24) is 9.97 Å². The molecular formula is C23H24N4O3. The van der Waals surface area contributed by atoms with E-state index in [0.717, 1.165) is 5.56 Å². The van der Waals surface area contributed by atoms with Crippen molar-refractivity contribution in [2.45, 2.75) is 19.9 Å². The van der Waals surface area contributed by atoms with Gasteiger partial charge in [-0.15, -0.1) is 0 Å². The Kier molecular flexibility index (Phi) is 6.75. The second-order valence-corrected chi connectivity index (χ2v) is 6.64. The van der Waals surface area contributed by atoms with E-state index in [1.54, 1.807) is 30.5 Å². The largest absolute Gasteiger partial charge is 0.465 e. The third kappa shape index (κ3) is 4.81. The number of methoxy groups -OCH3 is 1. The molecular weight excluding hydrogens is 380 g/mol. The molecule has 0 aliphatic heterocycles.